The normalized spacial score (nSPS) is 10.7. The molecule has 4 aromatic rings. The van der Waals surface area contributed by atoms with Crippen LogP contribution in [0.2, 0.25) is 0 Å². The molecule has 0 bridgehead atoms. The van der Waals surface area contributed by atoms with E-state index in [0.717, 1.165) is 28.1 Å². The summed E-state index contributed by atoms with van der Waals surface area (Å²) >= 11 is 1.36. The molecule has 7 nitrogen and oxygen atoms in total. The lowest BCUT2D eigenvalue weighted by atomic mass is 10.1. The Bertz CT molecular complexity index is 1270. The minimum atomic E-state index is -0.0872. The van der Waals surface area contributed by atoms with Crippen molar-refractivity contribution in [3.05, 3.63) is 95.3 Å². The standard InChI is InChI=1S/C27H28N4O3S/c1-19-9-7-10-20(2)26(19)28-25(32)18-35-27-30-29-24(31(27)16-21-11-5-4-6-12-21)17-34-23-14-8-13-22(15-23)33-3/h4-15H,16-18H2,1-3H3,(H,28,32). The van der Waals surface area contributed by atoms with E-state index in [1.807, 2.05) is 79.1 Å². The van der Waals surface area contributed by atoms with E-state index in [1.54, 1.807) is 7.11 Å². The monoisotopic (exact) mass is 488 g/mol. The summed E-state index contributed by atoms with van der Waals surface area (Å²) in [6.07, 6.45) is 0. The molecule has 1 N–H and O–H groups in total. The molecule has 0 atom stereocenters. The highest BCUT2D eigenvalue weighted by Crippen LogP contribution is 2.24. The van der Waals surface area contributed by atoms with Crippen molar-refractivity contribution in [1.82, 2.24) is 14.8 Å². The van der Waals surface area contributed by atoms with Crippen LogP contribution in [0.3, 0.4) is 0 Å². The van der Waals surface area contributed by atoms with Gasteiger partial charge in [-0.25, -0.2) is 0 Å². The molecule has 0 aliphatic carbocycles. The third-order valence-electron chi connectivity index (χ3n) is 5.46. The predicted octanol–water partition coefficient (Wildman–Crippen LogP) is 5.26. The van der Waals surface area contributed by atoms with Crippen LogP contribution in [0, 0.1) is 13.8 Å². The van der Waals surface area contributed by atoms with Crippen LogP contribution < -0.4 is 14.8 Å². The number of carbonyl (C=O) groups is 1. The molecular formula is C27H28N4O3S. The fraction of sp³-hybridized carbons (Fsp3) is 0.222. The van der Waals surface area contributed by atoms with Crippen LogP contribution in [-0.4, -0.2) is 33.5 Å². The Balaban J connectivity index is 1.48. The van der Waals surface area contributed by atoms with E-state index in [4.69, 9.17) is 9.47 Å². The van der Waals surface area contributed by atoms with Gasteiger partial charge in [0, 0.05) is 11.8 Å². The van der Waals surface area contributed by atoms with Crippen LogP contribution >= 0.6 is 11.8 Å². The molecule has 8 heteroatoms. The summed E-state index contributed by atoms with van der Waals surface area (Å²) in [4.78, 5) is 12.7. The molecular weight excluding hydrogens is 460 g/mol. The maximum Gasteiger partial charge on any atom is 0.234 e. The average molecular weight is 489 g/mol. The molecule has 0 radical (unpaired) electrons. The van der Waals surface area contributed by atoms with Crippen molar-refractivity contribution in [3.63, 3.8) is 0 Å². The van der Waals surface area contributed by atoms with Crippen molar-refractivity contribution in [1.29, 1.82) is 0 Å². The number of para-hydroxylation sites is 1. The third-order valence-corrected chi connectivity index (χ3v) is 6.43. The van der Waals surface area contributed by atoms with Crippen LogP contribution in [0.4, 0.5) is 5.69 Å². The van der Waals surface area contributed by atoms with E-state index in [2.05, 4.69) is 27.6 Å². The molecule has 4 rings (SSSR count). The lowest BCUT2D eigenvalue weighted by molar-refractivity contribution is -0.113. The number of hydrogen-bond acceptors (Lipinski definition) is 6. The molecule has 0 saturated heterocycles. The SMILES string of the molecule is COc1cccc(OCc2nnc(SCC(=O)Nc3c(C)cccc3C)n2Cc2ccccc2)c1. The highest BCUT2D eigenvalue weighted by molar-refractivity contribution is 7.99. The number of aryl methyl sites for hydroxylation is 2. The van der Waals surface area contributed by atoms with Crippen molar-refractivity contribution < 1.29 is 14.3 Å². The number of thioether (sulfide) groups is 1. The molecule has 0 aliphatic heterocycles. The highest BCUT2D eigenvalue weighted by atomic mass is 32.2. The Morgan fingerprint density at radius 2 is 1.66 bits per heavy atom. The van der Waals surface area contributed by atoms with Crippen molar-refractivity contribution in [3.8, 4) is 11.5 Å². The largest absolute Gasteiger partial charge is 0.497 e. The first-order valence-corrected chi connectivity index (χ1v) is 12.2. The average Bonchev–Trinajstić information content (AvgIpc) is 3.25. The van der Waals surface area contributed by atoms with Crippen LogP contribution in [0.15, 0.2) is 78.0 Å². The highest BCUT2D eigenvalue weighted by Gasteiger charge is 2.16. The van der Waals surface area contributed by atoms with Crippen LogP contribution in [0.5, 0.6) is 11.5 Å². The Morgan fingerprint density at radius 1 is 0.943 bits per heavy atom. The van der Waals surface area contributed by atoms with Crippen molar-refractivity contribution in [2.75, 3.05) is 18.2 Å². The minimum absolute atomic E-state index is 0.0872. The molecule has 3 aromatic carbocycles. The van der Waals surface area contributed by atoms with Gasteiger partial charge in [0.25, 0.3) is 0 Å². The minimum Gasteiger partial charge on any atom is -0.497 e. The molecule has 1 heterocycles. The van der Waals surface area contributed by atoms with Crippen molar-refractivity contribution in [2.45, 2.75) is 32.2 Å². The van der Waals surface area contributed by atoms with Gasteiger partial charge in [-0.1, -0.05) is 66.4 Å². The number of benzene rings is 3. The maximum absolute atomic E-state index is 12.7. The van der Waals surface area contributed by atoms with Gasteiger partial charge >= 0.3 is 0 Å². The smallest absolute Gasteiger partial charge is 0.234 e. The fourth-order valence-corrected chi connectivity index (χ4v) is 4.37. The van der Waals surface area contributed by atoms with Crippen molar-refractivity contribution in [2.24, 2.45) is 0 Å². The number of nitrogens with one attached hydrogen (secondary N) is 1. The van der Waals surface area contributed by atoms with Gasteiger partial charge in [0.15, 0.2) is 11.0 Å². The van der Waals surface area contributed by atoms with Gasteiger partial charge in [0.2, 0.25) is 5.91 Å². The zero-order valence-electron chi connectivity index (χ0n) is 20.0. The number of nitrogens with zero attached hydrogens (tertiary/aromatic N) is 3. The quantitative estimate of drug-likeness (QED) is 0.307. The van der Waals surface area contributed by atoms with E-state index in [0.29, 0.717) is 23.3 Å². The molecule has 0 aliphatic rings. The fourth-order valence-electron chi connectivity index (χ4n) is 3.61. The van der Waals surface area contributed by atoms with E-state index >= 15 is 0 Å². The molecule has 0 spiro atoms. The summed E-state index contributed by atoms with van der Waals surface area (Å²) in [5.41, 5.74) is 4.04. The second kappa shape index (κ2) is 11.6. The number of aromatic nitrogens is 3. The molecule has 0 saturated carbocycles. The zero-order chi connectivity index (χ0) is 24.6. The molecule has 1 aromatic heterocycles. The van der Waals surface area contributed by atoms with E-state index in [9.17, 15) is 4.79 Å². The number of amides is 1. The van der Waals surface area contributed by atoms with E-state index < -0.39 is 0 Å². The molecule has 1 amide bonds. The summed E-state index contributed by atoms with van der Waals surface area (Å²) in [6.45, 7) is 4.79. The number of ether oxygens (including phenoxy) is 2. The number of anilines is 1. The summed E-state index contributed by atoms with van der Waals surface area (Å²) in [7, 11) is 1.62. The number of hydrogen-bond donors (Lipinski definition) is 1. The molecule has 0 unspecified atom stereocenters. The summed E-state index contributed by atoms with van der Waals surface area (Å²) in [6, 6.07) is 23.5. The summed E-state index contributed by atoms with van der Waals surface area (Å²) < 4.78 is 13.2. The van der Waals surface area contributed by atoms with Gasteiger partial charge in [-0.05, 0) is 42.7 Å². The van der Waals surface area contributed by atoms with Crippen molar-refractivity contribution >= 4 is 23.4 Å². The first-order valence-electron chi connectivity index (χ1n) is 11.2. The lowest BCUT2D eigenvalue weighted by Gasteiger charge is -2.13. The number of methoxy groups -OCH3 is 1. The number of rotatable bonds is 10. The van der Waals surface area contributed by atoms with Crippen LogP contribution in [0.25, 0.3) is 0 Å². The van der Waals surface area contributed by atoms with Gasteiger partial charge in [-0.3, -0.25) is 9.36 Å². The Kier molecular flexibility index (Phi) is 8.05. The van der Waals surface area contributed by atoms with Gasteiger partial charge in [-0.2, -0.15) is 0 Å². The summed E-state index contributed by atoms with van der Waals surface area (Å²) in [5.74, 6) is 2.21. The third kappa shape index (κ3) is 6.42. The maximum atomic E-state index is 12.7. The van der Waals surface area contributed by atoms with Gasteiger partial charge in [0.05, 0.1) is 19.4 Å². The van der Waals surface area contributed by atoms with Gasteiger partial charge in [-0.15, -0.1) is 10.2 Å². The Labute approximate surface area is 209 Å². The van der Waals surface area contributed by atoms with E-state index in [1.165, 1.54) is 11.8 Å². The predicted molar refractivity (Wildman–Crippen MR) is 138 cm³/mol. The summed E-state index contributed by atoms with van der Waals surface area (Å²) in [5, 5.41) is 12.4. The number of carbonyl (C=O) groups excluding carboxylic acids is 1. The second-order valence-corrected chi connectivity index (χ2v) is 8.98. The molecule has 180 valence electrons. The topological polar surface area (TPSA) is 78.3 Å². The Morgan fingerprint density at radius 3 is 2.40 bits per heavy atom. The zero-order valence-corrected chi connectivity index (χ0v) is 20.8. The van der Waals surface area contributed by atoms with E-state index in [-0.39, 0.29) is 18.3 Å². The van der Waals surface area contributed by atoms with Gasteiger partial charge < -0.3 is 14.8 Å². The van der Waals surface area contributed by atoms with Gasteiger partial charge in [0.1, 0.15) is 18.1 Å². The van der Waals surface area contributed by atoms with Crippen LogP contribution in [-0.2, 0) is 17.9 Å². The second-order valence-electron chi connectivity index (χ2n) is 8.04. The first kappa shape index (κ1) is 24.3. The first-order chi connectivity index (χ1) is 17.0. The molecule has 0 fully saturated rings. The lowest BCUT2D eigenvalue weighted by Crippen LogP contribution is -2.16. The Hall–Kier alpha value is -3.78. The van der Waals surface area contributed by atoms with Crippen LogP contribution in [0.1, 0.15) is 22.5 Å². The molecule has 35 heavy (non-hydrogen) atoms.